The molecule has 1 aliphatic rings. The van der Waals surface area contributed by atoms with Crippen LogP contribution < -0.4 is 0 Å². The van der Waals surface area contributed by atoms with Gasteiger partial charge in [-0.3, -0.25) is 9.69 Å². The van der Waals surface area contributed by atoms with Gasteiger partial charge in [-0.1, -0.05) is 18.2 Å². The van der Waals surface area contributed by atoms with Crippen molar-refractivity contribution in [1.82, 2.24) is 9.80 Å². The summed E-state index contributed by atoms with van der Waals surface area (Å²) < 4.78 is 50.6. The fraction of sp³-hybridized carbons (Fsp3) is 0.533. The number of hydrogen-bond donors (Lipinski definition) is 0. The molecule has 1 aromatic carbocycles. The molecule has 0 N–H and O–H groups in total. The van der Waals surface area contributed by atoms with Gasteiger partial charge in [-0.05, 0) is 31.5 Å². The number of rotatable bonds is 5. The number of likely N-dealkylation sites (N-methyl/N-ethyl adjacent to an activating group) is 1. The minimum absolute atomic E-state index is 0.104. The standard InChI is InChI=1S/C15H18F4N2O/c1-20(8-6-11-4-2-3-5-12(11)16)13-7-9-21(14(13)22)10-15(17,18)19/h2-5,13H,6-10H2,1H3. The van der Waals surface area contributed by atoms with Crippen molar-refractivity contribution in [3.8, 4) is 0 Å². The third-order valence-corrected chi connectivity index (χ3v) is 3.86. The fourth-order valence-electron chi connectivity index (χ4n) is 2.66. The predicted molar refractivity (Wildman–Crippen MR) is 73.8 cm³/mol. The van der Waals surface area contributed by atoms with Gasteiger partial charge in [0.1, 0.15) is 12.4 Å². The molecular weight excluding hydrogens is 300 g/mol. The third kappa shape index (κ3) is 4.19. The van der Waals surface area contributed by atoms with Gasteiger partial charge in [0.05, 0.1) is 6.04 Å². The normalized spacial score (nSPS) is 19.3. The Kier molecular flexibility index (Phi) is 5.05. The quantitative estimate of drug-likeness (QED) is 0.779. The molecule has 0 radical (unpaired) electrons. The second-order valence-corrected chi connectivity index (χ2v) is 5.50. The zero-order valence-electron chi connectivity index (χ0n) is 12.2. The number of hydrogen-bond acceptors (Lipinski definition) is 2. The van der Waals surface area contributed by atoms with E-state index in [0.717, 1.165) is 4.90 Å². The van der Waals surface area contributed by atoms with Crippen LogP contribution in [0.25, 0.3) is 0 Å². The summed E-state index contributed by atoms with van der Waals surface area (Å²) in [5.74, 6) is -0.819. The molecule has 0 aliphatic carbocycles. The molecule has 1 saturated heterocycles. The molecule has 22 heavy (non-hydrogen) atoms. The lowest BCUT2D eigenvalue weighted by atomic mass is 10.1. The number of carbonyl (C=O) groups is 1. The second-order valence-electron chi connectivity index (χ2n) is 5.50. The highest BCUT2D eigenvalue weighted by Crippen LogP contribution is 2.23. The average molecular weight is 318 g/mol. The lowest BCUT2D eigenvalue weighted by molar-refractivity contribution is -0.158. The van der Waals surface area contributed by atoms with Crippen LogP contribution in [0, 0.1) is 5.82 Å². The minimum Gasteiger partial charge on any atom is -0.332 e. The van der Waals surface area contributed by atoms with Gasteiger partial charge in [-0.2, -0.15) is 13.2 Å². The van der Waals surface area contributed by atoms with Crippen molar-refractivity contribution in [1.29, 1.82) is 0 Å². The topological polar surface area (TPSA) is 23.6 Å². The molecule has 122 valence electrons. The lowest BCUT2D eigenvalue weighted by Crippen LogP contribution is -2.43. The predicted octanol–water partition coefficient (Wildman–Crippen LogP) is 2.46. The highest BCUT2D eigenvalue weighted by Gasteiger charge is 2.40. The van der Waals surface area contributed by atoms with Crippen LogP contribution in [-0.4, -0.2) is 54.6 Å². The number of amides is 1. The van der Waals surface area contributed by atoms with Crippen LogP contribution >= 0.6 is 0 Å². The van der Waals surface area contributed by atoms with E-state index in [9.17, 15) is 22.4 Å². The van der Waals surface area contributed by atoms with Crippen molar-refractivity contribution in [2.24, 2.45) is 0 Å². The van der Waals surface area contributed by atoms with Crippen LogP contribution in [0.2, 0.25) is 0 Å². The third-order valence-electron chi connectivity index (χ3n) is 3.86. The van der Waals surface area contributed by atoms with Gasteiger partial charge >= 0.3 is 6.18 Å². The summed E-state index contributed by atoms with van der Waals surface area (Å²) in [6, 6.07) is 5.79. The fourth-order valence-corrected chi connectivity index (χ4v) is 2.66. The SMILES string of the molecule is CN(CCc1ccccc1F)C1CCN(CC(F)(F)F)C1=O. The number of halogens is 4. The second kappa shape index (κ2) is 6.64. The summed E-state index contributed by atoms with van der Waals surface area (Å²) in [4.78, 5) is 14.6. The highest BCUT2D eigenvalue weighted by molar-refractivity contribution is 5.84. The maximum atomic E-state index is 13.5. The van der Waals surface area contributed by atoms with Crippen molar-refractivity contribution < 1.29 is 22.4 Å². The first-order valence-electron chi connectivity index (χ1n) is 7.07. The lowest BCUT2D eigenvalue weighted by Gasteiger charge is -2.24. The molecule has 0 spiro atoms. The van der Waals surface area contributed by atoms with E-state index in [1.807, 2.05) is 0 Å². The largest absolute Gasteiger partial charge is 0.406 e. The zero-order chi connectivity index (χ0) is 16.3. The Labute approximate surface area is 126 Å². The van der Waals surface area contributed by atoms with E-state index in [-0.39, 0.29) is 12.4 Å². The van der Waals surface area contributed by atoms with E-state index in [4.69, 9.17) is 0 Å². The van der Waals surface area contributed by atoms with Crippen LogP contribution in [0.3, 0.4) is 0 Å². The molecule has 1 unspecified atom stereocenters. The number of alkyl halides is 3. The molecule has 1 aliphatic heterocycles. The monoisotopic (exact) mass is 318 g/mol. The van der Waals surface area contributed by atoms with Crippen molar-refractivity contribution in [3.05, 3.63) is 35.6 Å². The number of nitrogens with zero attached hydrogens (tertiary/aromatic N) is 2. The van der Waals surface area contributed by atoms with Gasteiger partial charge in [0.2, 0.25) is 5.91 Å². The Balaban J connectivity index is 1.90. The van der Waals surface area contributed by atoms with Gasteiger partial charge < -0.3 is 4.90 Å². The maximum Gasteiger partial charge on any atom is 0.406 e. The number of carbonyl (C=O) groups excluding carboxylic acids is 1. The summed E-state index contributed by atoms with van der Waals surface area (Å²) in [5, 5.41) is 0. The Morgan fingerprint density at radius 2 is 2.00 bits per heavy atom. The molecule has 0 saturated carbocycles. The summed E-state index contributed by atoms with van der Waals surface area (Å²) in [5.41, 5.74) is 0.534. The van der Waals surface area contributed by atoms with Crippen LogP contribution in [-0.2, 0) is 11.2 Å². The van der Waals surface area contributed by atoms with Gasteiger partial charge in [0.15, 0.2) is 0 Å². The first-order valence-corrected chi connectivity index (χ1v) is 7.07. The van der Waals surface area contributed by atoms with Crippen LogP contribution in [0.15, 0.2) is 24.3 Å². The Morgan fingerprint density at radius 3 is 2.64 bits per heavy atom. The molecule has 7 heteroatoms. The average Bonchev–Trinajstić information content (AvgIpc) is 2.77. The van der Waals surface area contributed by atoms with Crippen molar-refractivity contribution in [3.63, 3.8) is 0 Å². The highest BCUT2D eigenvalue weighted by atomic mass is 19.4. The Hall–Kier alpha value is -1.63. The molecule has 1 atom stereocenters. The molecule has 1 aromatic rings. The summed E-state index contributed by atoms with van der Waals surface area (Å²) in [7, 11) is 1.68. The van der Waals surface area contributed by atoms with Gasteiger partial charge in [0.25, 0.3) is 0 Å². The molecule has 1 heterocycles. The van der Waals surface area contributed by atoms with Gasteiger partial charge in [-0.15, -0.1) is 0 Å². The summed E-state index contributed by atoms with van der Waals surface area (Å²) >= 11 is 0. The van der Waals surface area contributed by atoms with E-state index in [1.54, 1.807) is 30.1 Å². The summed E-state index contributed by atoms with van der Waals surface area (Å²) in [6.07, 6.45) is -3.61. The van der Waals surface area contributed by atoms with E-state index in [0.29, 0.717) is 24.9 Å². The first-order chi connectivity index (χ1) is 10.3. The molecule has 0 aromatic heterocycles. The van der Waals surface area contributed by atoms with Gasteiger partial charge in [-0.25, -0.2) is 4.39 Å². The maximum absolute atomic E-state index is 13.5. The first kappa shape index (κ1) is 16.7. The molecule has 1 amide bonds. The number of benzene rings is 1. The Bertz CT molecular complexity index is 533. The molecule has 2 rings (SSSR count). The van der Waals surface area contributed by atoms with Crippen LogP contribution in [0.5, 0.6) is 0 Å². The summed E-state index contributed by atoms with van der Waals surface area (Å²) in [6.45, 7) is -0.687. The number of likely N-dealkylation sites (tertiary alicyclic amines) is 1. The van der Waals surface area contributed by atoms with Crippen molar-refractivity contribution in [2.75, 3.05) is 26.7 Å². The molecule has 1 fully saturated rings. The van der Waals surface area contributed by atoms with Crippen LogP contribution in [0.1, 0.15) is 12.0 Å². The zero-order valence-corrected chi connectivity index (χ0v) is 12.2. The van der Waals surface area contributed by atoms with Crippen molar-refractivity contribution >= 4 is 5.91 Å². The van der Waals surface area contributed by atoms with Crippen LogP contribution in [0.4, 0.5) is 17.6 Å². The van der Waals surface area contributed by atoms with E-state index in [1.165, 1.54) is 6.07 Å². The molecule has 0 bridgehead atoms. The van der Waals surface area contributed by atoms with E-state index in [2.05, 4.69) is 0 Å². The van der Waals surface area contributed by atoms with Crippen molar-refractivity contribution in [2.45, 2.75) is 25.1 Å². The smallest absolute Gasteiger partial charge is 0.332 e. The minimum atomic E-state index is -4.38. The molecule has 3 nitrogen and oxygen atoms in total. The van der Waals surface area contributed by atoms with E-state index < -0.39 is 24.7 Å². The Morgan fingerprint density at radius 1 is 1.32 bits per heavy atom. The van der Waals surface area contributed by atoms with Gasteiger partial charge in [0, 0.05) is 13.1 Å². The van der Waals surface area contributed by atoms with E-state index >= 15 is 0 Å². The molecular formula is C15H18F4N2O.